The molecule has 4 nitrogen and oxygen atoms in total. The average molecular weight is 327 g/mol. The lowest BCUT2D eigenvalue weighted by molar-refractivity contribution is -0.116. The van der Waals surface area contributed by atoms with Crippen LogP contribution in [-0.2, 0) is 11.2 Å². The summed E-state index contributed by atoms with van der Waals surface area (Å²) in [5.74, 6) is 0.227. The van der Waals surface area contributed by atoms with Crippen molar-refractivity contribution in [2.75, 3.05) is 6.54 Å². The first kappa shape index (κ1) is 15.3. The number of hydrogen-bond acceptors (Lipinski definition) is 3. The minimum atomic E-state index is -0.186. The molecule has 0 aliphatic carbocycles. The topological polar surface area (TPSA) is 55.1 Å². The molecule has 116 valence electrons. The van der Waals surface area contributed by atoms with Gasteiger partial charge in [-0.15, -0.1) is 0 Å². The first-order valence-electron chi connectivity index (χ1n) is 7.27. The van der Waals surface area contributed by atoms with Crippen LogP contribution in [0, 0.1) is 0 Å². The van der Waals surface area contributed by atoms with Gasteiger partial charge in [-0.2, -0.15) is 0 Å². The monoisotopic (exact) mass is 326 g/mol. The molecule has 3 aromatic rings. The zero-order valence-electron chi connectivity index (χ0n) is 12.3. The number of carbonyl (C=O) groups is 1. The van der Waals surface area contributed by atoms with Crippen molar-refractivity contribution in [3.05, 3.63) is 71.1 Å². The van der Waals surface area contributed by atoms with Crippen LogP contribution in [0.1, 0.15) is 11.5 Å². The van der Waals surface area contributed by atoms with Gasteiger partial charge < -0.3 is 9.73 Å². The number of nitrogens with one attached hydrogen (secondary N) is 1. The maximum atomic E-state index is 11.8. The van der Waals surface area contributed by atoms with Crippen molar-refractivity contribution in [1.82, 2.24) is 10.3 Å². The van der Waals surface area contributed by atoms with Crippen molar-refractivity contribution in [2.24, 2.45) is 0 Å². The summed E-state index contributed by atoms with van der Waals surface area (Å²) in [5.41, 5.74) is 2.56. The standard InChI is InChI=1S/C18H15ClN2O2/c19-14-5-3-4-13(12-14)10-11-20-17(22)8-9-18-21-15-6-1-2-7-16(15)23-18/h1-9,12H,10-11H2,(H,20,22)/b9-8+. The van der Waals surface area contributed by atoms with Gasteiger partial charge in [0.15, 0.2) is 5.58 Å². The second-order valence-electron chi connectivity index (χ2n) is 5.02. The highest BCUT2D eigenvalue weighted by molar-refractivity contribution is 6.30. The van der Waals surface area contributed by atoms with Gasteiger partial charge in [-0.25, -0.2) is 4.98 Å². The summed E-state index contributed by atoms with van der Waals surface area (Å²) < 4.78 is 5.51. The van der Waals surface area contributed by atoms with E-state index in [1.807, 2.05) is 48.5 Å². The quantitative estimate of drug-likeness (QED) is 0.724. The molecule has 1 amide bonds. The third kappa shape index (κ3) is 4.20. The summed E-state index contributed by atoms with van der Waals surface area (Å²) >= 11 is 5.92. The van der Waals surface area contributed by atoms with Crippen molar-refractivity contribution < 1.29 is 9.21 Å². The number of carbonyl (C=O) groups excluding carboxylic acids is 1. The van der Waals surface area contributed by atoms with Crippen molar-refractivity contribution in [1.29, 1.82) is 0 Å². The number of para-hydroxylation sites is 2. The van der Waals surface area contributed by atoms with Crippen LogP contribution in [0.5, 0.6) is 0 Å². The molecule has 0 saturated heterocycles. The number of hydrogen-bond donors (Lipinski definition) is 1. The Kier molecular flexibility index (Phi) is 4.74. The number of oxazole rings is 1. The van der Waals surface area contributed by atoms with Gasteiger partial charge in [-0.3, -0.25) is 4.79 Å². The van der Waals surface area contributed by atoms with E-state index in [2.05, 4.69) is 10.3 Å². The van der Waals surface area contributed by atoms with Gasteiger partial charge in [0.05, 0.1) is 0 Å². The van der Waals surface area contributed by atoms with E-state index in [0.29, 0.717) is 23.0 Å². The van der Waals surface area contributed by atoms with E-state index < -0.39 is 0 Å². The minimum Gasteiger partial charge on any atom is -0.437 e. The largest absolute Gasteiger partial charge is 0.437 e. The second kappa shape index (κ2) is 7.11. The Hall–Kier alpha value is -2.59. The molecule has 5 heteroatoms. The lowest BCUT2D eigenvalue weighted by Gasteiger charge is -2.03. The smallest absolute Gasteiger partial charge is 0.244 e. The summed E-state index contributed by atoms with van der Waals surface area (Å²) in [7, 11) is 0. The fourth-order valence-electron chi connectivity index (χ4n) is 2.19. The maximum Gasteiger partial charge on any atom is 0.244 e. The van der Waals surface area contributed by atoms with Crippen LogP contribution in [0.4, 0.5) is 0 Å². The van der Waals surface area contributed by atoms with E-state index >= 15 is 0 Å². The third-order valence-corrected chi connectivity index (χ3v) is 3.52. The van der Waals surface area contributed by atoms with Gasteiger partial charge in [0.2, 0.25) is 11.8 Å². The van der Waals surface area contributed by atoms with Crippen LogP contribution in [0.25, 0.3) is 17.2 Å². The van der Waals surface area contributed by atoms with Crippen LogP contribution in [0.3, 0.4) is 0 Å². The first-order valence-corrected chi connectivity index (χ1v) is 7.64. The summed E-state index contributed by atoms with van der Waals surface area (Å²) in [6.45, 7) is 0.539. The molecule has 0 atom stereocenters. The molecule has 23 heavy (non-hydrogen) atoms. The molecule has 3 rings (SSSR count). The van der Waals surface area contributed by atoms with Gasteiger partial charge in [-0.1, -0.05) is 35.9 Å². The number of rotatable bonds is 5. The highest BCUT2D eigenvalue weighted by Crippen LogP contribution is 2.15. The predicted molar refractivity (Wildman–Crippen MR) is 91.2 cm³/mol. The normalized spacial score (nSPS) is 11.2. The molecule has 1 aromatic heterocycles. The molecule has 1 N–H and O–H groups in total. The van der Waals surface area contributed by atoms with Crippen LogP contribution in [0.2, 0.25) is 5.02 Å². The van der Waals surface area contributed by atoms with E-state index in [1.54, 1.807) is 6.08 Å². The number of benzene rings is 2. The molecule has 0 saturated carbocycles. The van der Waals surface area contributed by atoms with E-state index in [0.717, 1.165) is 17.5 Å². The van der Waals surface area contributed by atoms with Gasteiger partial charge in [0, 0.05) is 23.7 Å². The lowest BCUT2D eigenvalue weighted by Crippen LogP contribution is -2.23. The summed E-state index contributed by atoms with van der Waals surface area (Å²) in [5, 5.41) is 3.52. The van der Waals surface area contributed by atoms with Crippen LogP contribution in [0.15, 0.2) is 59.0 Å². The molecule has 0 aliphatic rings. The molecule has 0 radical (unpaired) electrons. The van der Waals surface area contributed by atoms with Crippen molar-refractivity contribution in [3.63, 3.8) is 0 Å². The highest BCUT2D eigenvalue weighted by atomic mass is 35.5. The molecule has 1 heterocycles. The molecule has 0 bridgehead atoms. The Bertz CT molecular complexity index is 822. The predicted octanol–water partition coefficient (Wildman–Crippen LogP) is 3.85. The Balaban J connectivity index is 1.52. The molecule has 0 aliphatic heterocycles. The highest BCUT2D eigenvalue weighted by Gasteiger charge is 2.02. The number of aromatic nitrogens is 1. The first-order chi connectivity index (χ1) is 11.2. The van der Waals surface area contributed by atoms with E-state index in [4.69, 9.17) is 16.0 Å². The molecular weight excluding hydrogens is 312 g/mol. The second-order valence-corrected chi connectivity index (χ2v) is 5.46. The van der Waals surface area contributed by atoms with Crippen LogP contribution < -0.4 is 5.32 Å². The zero-order valence-corrected chi connectivity index (χ0v) is 13.1. The third-order valence-electron chi connectivity index (χ3n) is 3.29. The molecular formula is C18H15ClN2O2. The van der Waals surface area contributed by atoms with E-state index in [1.165, 1.54) is 6.08 Å². The van der Waals surface area contributed by atoms with Crippen molar-refractivity contribution in [2.45, 2.75) is 6.42 Å². The summed E-state index contributed by atoms with van der Waals surface area (Å²) in [4.78, 5) is 16.1. The van der Waals surface area contributed by atoms with Crippen LogP contribution >= 0.6 is 11.6 Å². The fourth-order valence-corrected chi connectivity index (χ4v) is 2.40. The Morgan fingerprint density at radius 2 is 2.09 bits per heavy atom. The molecule has 2 aromatic carbocycles. The summed E-state index contributed by atoms with van der Waals surface area (Å²) in [6.07, 6.45) is 3.71. The summed E-state index contributed by atoms with van der Waals surface area (Å²) in [6, 6.07) is 15.1. The lowest BCUT2D eigenvalue weighted by atomic mass is 10.1. The molecule has 0 spiro atoms. The average Bonchev–Trinajstić information content (AvgIpc) is 2.96. The van der Waals surface area contributed by atoms with Crippen molar-refractivity contribution in [3.8, 4) is 0 Å². The Morgan fingerprint density at radius 1 is 1.22 bits per heavy atom. The van der Waals surface area contributed by atoms with E-state index in [-0.39, 0.29) is 5.91 Å². The van der Waals surface area contributed by atoms with Crippen molar-refractivity contribution >= 4 is 34.7 Å². The van der Waals surface area contributed by atoms with Gasteiger partial charge in [0.25, 0.3) is 0 Å². The Morgan fingerprint density at radius 3 is 2.91 bits per heavy atom. The fraction of sp³-hybridized carbons (Fsp3) is 0.111. The zero-order chi connectivity index (χ0) is 16.1. The maximum absolute atomic E-state index is 11.8. The van der Waals surface area contributed by atoms with Gasteiger partial charge >= 0.3 is 0 Å². The number of nitrogens with zero attached hydrogens (tertiary/aromatic N) is 1. The van der Waals surface area contributed by atoms with Crippen LogP contribution in [-0.4, -0.2) is 17.4 Å². The van der Waals surface area contributed by atoms with Gasteiger partial charge in [-0.05, 0) is 36.2 Å². The number of halogens is 1. The van der Waals surface area contributed by atoms with Gasteiger partial charge in [0.1, 0.15) is 5.52 Å². The molecule has 0 fully saturated rings. The minimum absolute atomic E-state index is 0.186. The van der Waals surface area contributed by atoms with E-state index in [9.17, 15) is 4.79 Å². The SMILES string of the molecule is O=C(/C=C/c1nc2ccccc2o1)NCCc1cccc(Cl)c1. The number of fused-ring (bicyclic) bond motifs is 1. The number of amides is 1. The molecule has 0 unspecified atom stereocenters. The Labute approximate surface area is 138 Å².